The summed E-state index contributed by atoms with van der Waals surface area (Å²) in [6.45, 7) is 0. The fourth-order valence-electron chi connectivity index (χ4n) is 0.880. The van der Waals surface area contributed by atoms with Crippen LogP contribution in [0.25, 0.3) is 0 Å². The first-order valence-corrected chi connectivity index (χ1v) is 4.08. The van der Waals surface area contributed by atoms with E-state index in [1.807, 2.05) is 0 Å². The summed E-state index contributed by atoms with van der Waals surface area (Å²) in [7, 11) is 0. The SMILES string of the molecule is O=C(O)c1ccc(Br)cc1C(=O)O.[Na]. The van der Waals surface area contributed by atoms with Gasteiger partial charge in [0.25, 0.3) is 0 Å². The van der Waals surface area contributed by atoms with Crippen molar-refractivity contribution >= 4 is 57.4 Å². The number of carbonyl (C=O) groups is 2. The summed E-state index contributed by atoms with van der Waals surface area (Å²) < 4.78 is 0.537. The number of carboxylic acids is 2. The van der Waals surface area contributed by atoms with Crippen molar-refractivity contribution in [2.75, 3.05) is 0 Å². The zero-order valence-electron chi connectivity index (χ0n) is 7.32. The fourth-order valence-corrected chi connectivity index (χ4v) is 1.24. The third kappa shape index (κ3) is 3.09. The van der Waals surface area contributed by atoms with Crippen molar-refractivity contribution in [3.63, 3.8) is 0 Å². The Morgan fingerprint density at radius 2 is 1.57 bits per heavy atom. The van der Waals surface area contributed by atoms with Crippen molar-refractivity contribution in [2.24, 2.45) is 0 Å². The number of hydrogen-bond donors (Lipinski definition) is 2. The molecule has 0 fully saturated rings. The molecule has 0 heterocycles. The molecule has 0 aliphatic carbocycles. The van der Waals surface area contributed by atoms with Crippen LogP contribution in [0.5, 0.6) is 0 Å². The first kappa shape index (κ1) is 13.6. The summed E-state index contributed by atoms with van der Waals surface area (Å²) in [5, 5.41) is 17.3. The van der Waals surface area contributed by atoms with Gasteiger partial charge >= 0.3 is 11.9 Å². The van der Waals surface area contributed by atoms with Gasteiger partial charge in [0.1, 0.15) is 0 Å². The summed E-state index contributed by atoms with van der Waals surface area (Å²) >= 11 is 3.06. The molecule has 0 atom stereocenters. The van der Waals surface area contributed by atoms with E-state index in [4.69, 9.17) is 10.2 Å². The molecule has 1 aromatic rings. The van der Waals surface area contributed by atoms with E-state index in [9.17, 15) is 9.59 Å². The van der Waals surface area contributed by atoms with Crippen LogP contribution in [0.2, 0.25) is 0 Å². The molecule has 0 spiro atoms. The smallest absolute Gasteiger partial charge is 0.336 e. The molecule has 1 aromatic carbocycles. The van der Waals surface area contributed by atoms with Gasteiger partial charge < -0.3 is 10.2 Å². The van der Waals surface area contributed by atoms with Crippen LogP contribution in [0.1, 0.15) is 20.7 Å². The summed E-state index contributed by atoms with van der Waals surface area (Å²) in [6.07, 6.45) is 0. The second kappa shape index (κ2) is 5.50. The molecule has 69 valence electrons. The second-order valence-electron chi connectivity index (χ2n) is 2.30. The van der Waals surface area contributed by atoms with Crippen LogP contribution in [-0.2, 0) is 0 Å². The maximum absolute atomic E-state index is 10.6. The van der Waals surface area contributed by atoms with Crippen LogP contribution >= 0.6 is 15.9 Å². The summed E-state index contributed by atoms with van der Waals surface area (Å²) in [4.78, 5) is 21.2. The number of benzene rings is 1. The molecule has 1 radical (unpaired) electrons. The van der Waals surface area contributed by atoms with Crippen molar-refractivity contribution in [1.29, 1.82) is 0 Å². The van der Waals surface area contributed by atoms with E-state index in [0.717, 1.165) is 0 Å². The van der Waals surface area contributed by atoms with E-state index >= 15 is 0 Å². The van der Waals surface area contributed by atoms with Crippen LogP contribution in [0.3, 0.4) is 0 Å². The van der Waals surface area contributed by atoms with Gasteiger partial charge in [0, 0.05) is 34.0 Å². The molecule has 0 aromatic heterocycles. The molecule has 0 saturated heterocycles. The summed E-state index contributed by atoms with van der Waals surface area (Å²) in [6, 6.07) is 3.98. The Balaban J connectivity index is 0.00000169. The van der Waals surface area contributed by atoms with E-state index in [1.54, 1.807) is 0 Å². The Bertz CT molecular complexity index is 378. The number of rotatable bonds is 2. The van der Waals surface area contributed by atoms with Crippen LogP contribution in [-0.4, -0.2) is 51.7 Å². The van der Waals surface area contributed by atoms with Gasteiger partial charge in [0.05, 0.1) is 11.1 Å². The summed E-state index contributed by atoms with van der Waals surface area (Å²) in [5.74, 6) is -2.50. The van der Waals surface area contributed by atoms with Crippen molar-refractivity contribution in [3.05, 3.63) is 33.8 Å². The number of aromatic carboxylic acids is 2. The fraction of sp³-hybridized carbons (Fsp3) is 0. The Morgan fingerprint density at radius 1 is 1.07 bits per heavy atom. The molecule has 2 N–H and O–H groups in total. The topological polar surface area (TPSA) is 74.6 Å². The maximum Gasteiger partial charge on any atom is 0.336 e. The molecule has 0 aliphatic heterocycles. The number of hydrogen-bond acceptors (Lipinski definition) is 2. The predicted molar refractivity (Wildman–Crippen MR) is 53.8 cm³/mol. The van der Waals surface area contributed by atoms with E-state index in [2.05, 4.69) is 15.9 Å². The number of halogens is 1. The van der Waals surface area contributed by atoms with Gasteiger partial charge in [-0.05, 0) is 18.2 Å². The second-order valence-corrected chi connectivity index (χ2v) is 3.22. The van der Waals surface area contributed by atoms with E-state index < -0.39 is 11.9 Å². The minimum atomic E-state index is -1.25. The number of carboxylic acid groups (broad SMARTS) is 2. The Hall–Kier alpha value is -0.360. The van der Waals surface area contributed by atoms with Crippen molar-refractivity contribution in [1.82, 2.24) is 0 Å². The van der Waals surface area contributed by atoms with Gasteiger partial charge in [-0.25, -0.2) is 9.59 Å². The van der Waals surface area contributed by atoms with E-state index in [1.165, 1.54) is 18.2 Å². The minimum Gasteiger partial charge on any atom is -0.478 e. The molecule has 14 heavy (non-hydrogen) atoms. The first-order valence-electron chi connectivity index (χ1n) is 3.28. The van der Waals surface area contributed by atoms with Gasteiger partial charge in [-0.15, -0.1) is 0 Å². The van der Waals surface area contributed by atoms with Gasteiger partial charge in [0.2, 0.25) is 0 Å². The molecule has 0 amide bonds. The molecular formula is C8H5BrNaO4. The van der Waals surface area contributed by atoms with E-state index in [0.29, 0.717) is 4.47 Å². The van der Waals surface area contributed by atoms with Gasteiger partial charge in [-0.2, -0.15) is 0 Å². The Morgan fingerprint density at radius 3 is 2.00 bits per heavy atom. The molecule has 0 saturated carbocycles. The Labute approximate surface area is 110 Å². The third-order valence-corrected chi connectivity index (χ3v) is 1.94. The average Bonchev–Trinajstić information content (AvgIpc) is 2.03. The minimum absolute atomic E-state index is 0. The van der Waals surface area contributed by atoms with Crippen LogP contribution in [0.15, 0.2) is 22.7 Å². The van der Waals surface area contributed by atoms with Crippen LogP contribution in [0.4, 0.5) is 0 Å². The van der Waals surface area contributed by atoms with Crippen molar-refractivity contribution < 1.29 is 19.8 Å². The quantitative estimate of drug-likeness (QED) is 0.796. The summed E-state index contributed by atoms with van der Waals surface area (Å²) in [5.41, 5.74) is -0.433. The average molecular weight is 268 g/mol. The first-order chi connectivity index (χ1) is 6.02. The zero-order valence-corrected chi connectivity index (χ0v) is 10.9. The molecule has 0 bridgehead atoms. The van der Waals surface area contributed by atoms with Crippen LogP contribution in [0, 0.1) is 0 Å². The molecular weight excluding hydrogens is 263 g/mol. The standard InChI is InChI=1S/C8H5BrO4.Na/c9-4-1-2-5(7(10)11)6(3-4)8(12)13;/h1-3H,(H,10,11)(H,12,13);. The van der Waals surface area contributed by atoms with Gasteiger partial charge in [-0.3, -0.25) is 0 Å². The molecule has 0 aliphatic rings. The van der Waals surface area contributed by atoms with Gasteiger partial charge in [0.15, 0.2) is 0 Å². The molecule has 6 heteroatoms. The molecule has 4 nitrogen and oxygen atoms in total. The largest absolute Gasteiger partial charge is 0.478 e. The normalized spacial score (nSPS) is 8.93. The van der Waals surface area contributed by atoms with Crippen LogP contribution < -0.4 is 0 Å². The monoisotopic (exact) mass is 267 g/mol. The van der Waals surface area contributed by atoms with Crippen molar-refractivity contribution in [3.8, 4) is 0 Å². The predicted octanol–water partition coefficient (Wildman–Crippen LogP) is 1.46. The molecule has 0 unspecified atom stereocenters. The third-order valence-electron chi connectivity index (χ3n) is 1.44. The van der Waals surface area contributed by atoms with E-state index in [-0.39, 0.29) is 40.7 Å². The van der Waals surface area contributed by atoms with Gasteiger partial charge in [-0.1, -0.05) is 15.9 Å². The molecule has 1 rings (SSSR count). The zero-order chi connectivity index (χ0) is 10.0. The van der Waals surface area contributed by atoms with Crippen molar-refractivity contribution in [2.45, 2.75) is 0 Å². The maximum atomic E-state index is 10.6. The Kier molecular flexibility index (Phi) is 5.36.